The Hall–Kier alpha value is -1.48. The zero-order valence-corrected chi connectivity index (χ0v) is 8.10. The topological polar surface area (TPSA) is 49.7 Å². The van der Waals surface area contributed by atoms with Crippen molar-refractivity contribution >= 4 is 6.08 Å². The highest BCUT2D eigenvalue weighted by Crippen LogP contribution is 2.25. The van der Waals surface area contributed by atoms with Crippen molar-refractivity contribution in [1.82, 2.24) is 0 Å². The minimum absolute atomic E-state index is 0.00750. The third-order valence-electron chi connectivity index (χ3n) is 1.70. The third kappa shape index (κ3) is 2.78. The maximum Gasteiger partial charge on any atom is 0.130 e. The van der Waals surface area contributed by atoms with Crippen LogP contribution in [0, 0.1) is 0 Å². The number of phenolic OH excluding ortho intramolecular Hbond substituents is 1. The molecule has 1 aromatic carbocycles. The minimum atomic E-state index is -0.00750. The van der Waals surface area contributed by atoms with Crippen LogP contribution in [0.25, 0.3) is 6.08 Å². The van der Waals surface area contributed by atoms with Gasteiger partial charge in [-0.05, 0) is 19.1 Å². The van der Waals surface area contributed by atoms with Gasteiger partial charge in [-0.1, -0.05) is 12.2 Å². The number of phenols is 1. The summed E-state index contributed by atoms with van der Waals surface area (Å²) in [7, 11) is 0. The fraction of sp³-hybridized carbons (Fsp3) is 0.273. The molecule has 0 fully saturated rings. The van der Waals surface area contributed by atoms with Crippen molar-refractivity contribution in [2.75, 3.05) is 13.2 Å². The van der Waals surface area contributed by atoms with Crippen LogP contribution < -0.4 is 4.74 Å². The molecule has 0 amide bonds. The first kappa shape index (κ1) is 10.6. The zero-order valence-electron chi connectivity index (χ0n) is 8.10. The Morgan fingerprint density at radius 2 is 2.21 bits per heavy atom. The molecule has 1 rings (SSSR count). The van der Waals surface area contributed by atoms with Crippen molar-refractivity contribution in [3.8, 4) is 11.5 Å². The quantitative estimate of drug-likeness (QED) is 0.768. The average Bonchev–Trinajstić information content (AvgIpc) is 2.17. The summed E-state index contributed by atoms with van der Waals surface area (Å²) in [4.78, 5) is 0. The van der Waals surface area contributed by atoms with Gasteiger partial charge in [0.1, 0.15) is 11.5 Å². The van der Waals surface area contributed by atoms with Crippen LogP contribution in [0.4, 0.5) is 0 Å². The second-order valence-corrected chi connectivity index (χ2v) is 2.74. The molecule has 0 spiro atoms. The Balaban J connectivity index is 2.95. The molecule has 0 aliphatic rings. The van der Waals surface area contributed by atoms with Crippen LogP contribution in [0.2, 0.25) is 0 Å². The summed E-state index contributed by atoms with van der Waals surface area (Å²) in [5, 5.41) is 17.9. The molecule has 1 aromatic rings. The summed E-state index contributed by atoms with van der Waals surface area (Å²) >= 11 is 0. The maximum absolute atomic E-state index is 9.24. The van der Waals surface area contributed by atoms with Crippen LogP contribution in [-0.2, 0) is 0 Å². The second-order valence-electron chi connectivity index (χ2n) is 2.74. The van der Waals surface area contributed by atoms with Gasteiger partial charge in [0.05, 0.1) is 13.2 Å². The molecule has 3 heteroatoms. The highest BCUT2D eigenvalue weighted by atomic mass is 16.5. The van der Waals surface area contributed by atoms with E-state index < -0.39 is 0 Å². The van der Waals surface area contributed by atoms with E-state index in [9.17, 15) is 5.11 Å². The Morgan fingerprint density at radius 1 is 1.43 bits per heavy atom. The number of rotatable bonds is 4. The monoisotopic (exact) mass is 194 g/mol. The lowest BCUT2D eigenvalue weighted by molar-refractivity contribution is 0.336. The van der Waals surface area contributed by atoms with Gasteiger partial charge in [0, 0.05) is 11.6 Å². The van der Waals surface area contributed by atoms with Gasteiger partial charge in [0.15, 0.2) is 0 Å². The summed E-state index contributed by atoms with van der Waals surface area (Å²) in [5.74, 6) is 0.798. The molecular formula is C11H14O3. The molecule has 0 heterocycles. The van der Waals surface area contributed by atoms with E-state index in [4.69, 9.17) is 9.84 Å². The zero-order chi connectivity index (χ0) is 10.4. The molecule has 0 unspecified atom stereocenters. The van der Waals surface area contributed by atoms with Gasteiger partial charge in [0.25, 0.3) is 0 Å². The first-order valence-corrected chi connectivity index (χ1v) is 4.51. The summed E-state index contributed by atoms with van der Waals surface area (Å²) in [5.41, 5.74) is 0.846. The van der Waals surface area contributed by atoms with Crippen molar-refractivity contribution in [3.63, 3.8) is 0 Å². The molecule has 0 saturated heterocycles. The van der Waals surface area contributed by atoms with E-state index in [0.717, 1.165) is 5.56 Å². The van der Waals surface area contributed by atoms with Crippen LogP contribution in [-0.4, -0.2) is 23.4 Å². The second kappa shape index (κ2) is 5.29. The first-order chi connectivity index (χ1) is 6.77. The molecule has 2 N–H and O–H groups in total. The van der Waals surface area contributed by atoms with Crippen LogP contribution in [0.1, 0.15) is 12.5 Å². The Kier molecular flexibility index (Phi) is 4.01. The Bertz CT molecular complexity index is 318. The predicted octanol–water partition coefficient (Wildman–Crippen LogP) is 1.80. The Labute approximate surface area is 83.3 Å². The molecule has 0 bridgehead atoms. The molecule has 3 nitrogen and oxygen atoms in total. The van der Waals surface area contributed by atoms with Gasteiger partial charge in [0.2, 0.25) is 0 Å². The molecule has 0 aliphatic carbocycles. The van der Waals surface area contributed by atoms with Crippen LogP contribution in [0.5, 0.6) is 11.5 Å². The first-order valence-electron chi connectivity index (χ1n) is 4.51. The van der Waals surface area contributed by atoms with Crippen molar-refractivity contribution in [2.45, 2.75) is 6.92 Å². The van der Waals surface area contributed by atoms with Crippen LogP contribution in [0.15, 0.2) is 24.3 Å². The summed E-state index contributed by atoms with van der Waals surface area (Å²) in [6, 6.07) is 4.88. The van der Waals surface area contributed by atoms with Crippen LogP contribution >= 0.6 is 0 Å². The third-order valence-corrected chi connectivity index (χ3v) is 1.70. The van der Waals surface area contributed by atoms with Gasteiger partial charge in [-0.2, -0.15) is 0 Å². The highest BCUT2D eigenvalue weighted by Gasteiger charge is 2.00. The Morgan fingerprint density at radius 3 is 2.86 bits per heavy atom. The number of hydrogen-bond acceptors (Lipinski definition) is 3. The van der Waals surface area contributed by atoms with E-state index in [1.807, 2.05) is 6.92 Å². The fourth-order valence-corrected chi connectivity index (χ4v) is 1.12. The van der Waals surface area contributed by atoms with Crippen molar-refractivity contribution < 1.29 is 14.9 Å². The number of benzene rings is 1. The lowest BCUT2D eigenvalue weighted by atomic mass is 10.2. The predicted molar refractivity (Wildman–Crippen MR) is 55.4 cm³/mol. The van der Waals surface area contributed by atoms with E-state index >= 15 is 0 Å². The number of hydrogen-bond donors (Lipinski definition) is 2. The summed E-state index contributed by atoms with van der Waals surface area (Å²) < 4.78 is 5.32. The molecule has 0 saturated carbocycles. The fourth-order valence-electron chi connectivity index (χ4n) is 1.12. The summed E-state index contributed by atoms with van der Waals surface area (Å²) in [6.45, 7) is 2.42. The van der Waals surface area contributed by atoms with Gasteiger partial charge in [-0.15, -0.1) is 0 Å². The molecule has 0 aromatic heterocycles. The largest absolute Gasteiger partial charge is 0.508 e. The normalized spacial score (nSPS) is 10.7. The molecule has 14 heavy (non-hydrogen) atoms. The molecular weight excluding hydrogens is 180 g/mol. The van der Waals surface area contributed by atoms with Crippen molar-refractivity contribution in [3.05, 3.63) is 29.8 Å². The van der Waals surface area contributed by atoms with E-state index in [-0.39, 0.29) is 12.4 Å². The van der Waals surface area contributed by atoms with E-state index in [1.165, 1.54) is 0 Å². The van der Waals surface area contributed by atoms with E-state index in [0.29, 0.717) is 12.4 Å². The van der Waals surface area contributed by atoms with Crippen molar-refractivity contribution in [1.29, 1.82) is 0 Å². The van der Waals surface area contributed by atoms with Crippen molar-refractivity contribution in [2.24, 2.45) is 0 Å². The van der Waals surface area contributed by atoms with E-state index in [1.54, 1.807) is 30.4 Å². The average molecular weight is 194 g/mol. The molecule has 0 aliphatic heterocycles. The number of aromatic hydroxyl groups is 1. The number of ether oxygens (including phenoxy) is 1. The SMILES string of the molecule is CCOc1cc(O)ccc1/C=C/CO. The van der Waals surface area contributed by atoms with Gasteiger partial charge >= 0.3 is 0 Å². The van der Waals surface area contributed by atoms with Gasteiger partial charge in [-0.3, -0.25) is 0 Å². The number of aliphatic hydroxyl groups is 1. The lowest BCUT2D eigenvalue weighted by Gasteiger charge is -2.07. The molecule has 76 valence electrons. The standard InChI is InChI=1S/C11H14O3/c1-2-14-11-8-10(13)6-5-9(11)4-3-7-12/h3-6,8,12-13H,2,7H2,1H3/b4-3+. The van der Waals surface area contributed by atoms with Crippen LogP contribution in [0.3, 0.4) is 0 Å². The highest BCUT2D eigenvalue weighted by molar-refractivity contribution is 5.59. The van der Waals surface area contributed by atoms with Gasteiger partial charge < -0.3 is 14.9 Å². The number of aliphatic hydroxyl groups excluding tert-OH is 1. The lowest BCUT2D eigenvalue weighted by Crippen LogP contribution is -1.93. The molecule has 0 radical (unpaired) electrons. The maximum atomic E-state index is 9.24. The smallest absolute Gasteiger partial charge is 0.130 e. The summed E-state index contributed by atoms with van der Waals surface area (Å²) in [6.07, 6.45) is 3.37. The van der Waals surface area contributed by atoms with Gasteiger partial charge in [-0.25, -0.2) is 0 Å². The van der Waals surface area contributed by atoms with E-state index in [2.05, 4.69) is 0 Å². The minimum Gasteiger partial charge on any atom is -0.508 e. The molecule has 0 atom stereocenters.